The van der Waals surface area contributed by atoms with Crippen LogP contribution in [0.15, 0.2) is 29.6 Å². The SMILES string of the molecule is CC(C)C(c1cccs1)n1c(=S)[nH]c2ccc(F)c(F)c21. The van der Waals surface area contributed by atoms with Gasteiger partial charge in [-0.15, -0.1) is 11.3 Å². The largest absolute Gasteiger partial charge is 0.330 e. The number of halogens is 2. The van der Waals surface area contributed by atoms with Gasteiger partial charge in [0.25, 0.3) is 0 Å². The molecule has 3 rings (SSSR count). The first kappa shape index (κ1) is 14.4. The highest BCUT2D eigenvalue weighted by Gasteiger charge is 2.24. The third-order valence-electron chi connectivity index (χ3n) is 3.51. The molecular weight excluding hydrogens is 310 g/mol. The van der Waals surface area contributed by atoms with Crippen LogP contribution in [-0.2, 0) is 0 Å². The Morgan fingerprint density at radius 3 is 2.62 bits per heavy atom. The average Bonchev–Trinajstić information content (AvgIpc) is 3.04. The number of aromatic nitrogens is 2. The zero-order valence-electron chi connectivity index (χ0n) is 11.6. The number of hydrogen-bond donors (Lipinski definition) is 1. The number of benzene rings is 1. The fraction of sp³-hybridized carbons (Fsp3) is 0.267. The molecule has 1 unspecified atom stereocenters. The highest BCUT2D eigenvalue weighted by atomic mass is 32.1. The highest BCUT2D eigenvalue weighted by Crippen LogP contribution is 2.34. The molecule has 2 heterocycles. The molecule has 6 heteroatoms. The van der Waals surface area contributed by atoms with E-state index in [2.05, 4.69) is 4.98 Å². The van der Waals surface area contributed by atoms with Crippen molar-refractivity contribution in [3.63, 3.8) is 0 Å². The highest BCUT2D eigenvalue weighted by molar-refractivity contribution is 7.71. The van der Waals surface area contributed by atoms with E-state index in [0.29, 0.717) is 10.3 Å². The van der Waals surface area contributed by atoms with Gasteiger partial charge in [0.05, 0.1) is 11.6 Å². The molecule has 0 aliphatic heterocycles. The van der Waals surface area contributed by atoms with Gasteiger partial charge in [0, 0.05) is 4.88 Å². The second-order valence-corrected chi connectivity index (χ2v) is 6.63. The average molecular weight is 324 g/mol. The zero-order chi connectivity index (χ0) is 15.1. The van der Waals surface area contributed by atoms with E-state index in [4.69, 9.17) is 12.2 Å². The summed E-state index contributed by atoms with van der Waals surface area (Å²) >= 11 is 6.94. The van der Waals surface area contributed by atoms with Gasteiger partial charge >= 0.3 is 0 Å². The Kier molecular flexibility index (Phi) is 3.67. The minimum Gasteiger partial charge on any atom is -0.330 e. The number of hydrogen-bond acceptors (Lipinski definition) is 2. The Balaban J connectivity index is 2.35. The summed E-state index contributed by atoms with van der Waals surface area (Å²) < 4.78 is 30.0. The number of fused-ring (bicyclic) bond motifs is 1. The van der Waals surface area contributed by atoms with E-state index >= 15 is 0 Å². The number of nitrogens with zero attached hydrogens (tertiary/aromatic N) is 1. The Morgan fingerprint density at radius 1 is 1.24 bits per heavy atom. The van der Waals surface area contributed by atoms with E-state index in [1.807, 2.05) is 31.4 Å². The number of aromatic amines is 1. The molecule has 2 nitrogen and oxygen atoms in total. The van der Waals surface area contributed by atoms with Crippen molar-refractivity contribution in [2.24, 2.45) is 5.92 Å². The number of imidazole rings is 1. The van der Waals surface area contributed by atoms with E-state index < -0.39 is 11.6 Å². The predicted octanol–water partition coefficient (Wildman–Crippen LogP) is 5.28. The topological polar surface area (TPSA) is 20.7 Å². The van der Waals surface area contributed by atoms with Crippen LogP contribution in [0.25, 0.3) is 11.0 Å². The van der Waals surface area contributed by atoms with Crippen LogP contribution in [0.2, 0.25) is 0 Å². The van der Waals surface area contributed by atoms with Crippen LogP contribution in [-0.4, -0.2) is 9.55 Å². The smallest absolute Gasteiger partial charge is 0.184 e. The van der Waals surface area contributed by atoms with Crippen molar-refractivity contribution >= 4 is 34.6 Å². The maximum Gasteiger partial charge on any atom is 0.184 e. The van der Waals surface area contributed by atoms with E-state index in [1.54, 1.807) is 15.9 Å². The van der Waals surface area contributed by atoms with E-state index in [0.717, 1.165) is 10.9 Å². The second kappa shape index (κ2) is 5.35. The first-order valence-electron chi connectivity index (χ1n) is 6.62. The molecule has 1 aromatic carbocycles. The minimum absolute atomic E-state index is 0.123. The van der Waals surface area contributed by atoms with Gasteiger partial charge in [0.15, 0.2) is 16.4 Å². The maximum absolute atomic E-state index is 14.3. The number of thiophene rings is 1. The quantitative estimate of drug-likeness (QED) is 0.650. The van der Waals surface area contributed by atoms with Gasteiger partial charge in [0.2, 0.25) is 0 Å². The second-order valence-electron chi connectivity index (χ2n) is 5.26. The van der Waals surface area contributed by atoms with E-state index in [9.17, 15) is 8.78 Å². The molecule has 0 saturated heterocycles. The molecule has 0 amide bonds. The minimum atomic E-state index is -0.862. The van der Waals surface area contributed by atoms with Crippen molar-refractivity contribution in [3.05, 3.63) is 50.9 Å². The monoisotopic (exact) mass is 324 g/mol. The van der Waals surface area contributed by atoms with Gasteiger partial charge in [-0.25, -0.2) is 8.78 Å². The Morgan fingerprint density at radius 2 is 2.00 bits per heavy atom. The lowest BCUT2D eigenvalue weighted by Gasteiger charge is -2.22. The van der Waals surface area contributed by atoms with Crippen LogP contribution < -0.4 is 0 Å². The molecule has 0 bridgehead atoms. The van der Waals surface area contributed by atoms with Crippen LogP contribution in [0.3, 0.4) is 0 Å². The van der Waals surface area contributed by atoms with Gasteiger partial charge in [0.1, 0.15) is 5.52 Å². The fourth-order valence-electron chi connectivity index (χ4n) is 2.63. The molecule has 0 saturated carbocycles. The van der Waals surface area contributed by atoms with Crippen LogP contribution in [0.5, 0.6) is 0 Å². The first-order chi connectivity index (χ1) is 10.0. The number of nitrogens with one attached hydrogen (secondary N) is 1. The third-order valence-corrected chi connectivity index (χ3v) is 4.76. The van der Waals surface area contributed by atoms with Gasteiger partial charge in [-0.05, 0) is 41.7 Å². The summed E-state index contributed by atoms with van der Waals surface area (Å²) in [5.74, 6) is -1.53. The number of rotatable bonds is 3. The molecule has 3 aromatic rings. The van der Waals surface area contributed by atoms with Crippen molar-refractivity contribution < 1.29 is 8.78 Å². The van der Waals surface area contributed by atoms with Crippen molar-refractivity contribution in [2.45, 2.75) is 19.9 Å². The molecule has 0 aliphatic carbocycles. The predicted molar refractivity (Wildman–Crippen MR) is 84.3 cm³/mol. The first-order valence-corrected chi connectivity index (χ1v) is 7.91. The molecule has 2 aromatic heterocycles. The van der Waals surface area contributed by atoms with Crippen molar-refractivity contribution in [1.82, 2.24) is 9.55 Å². The maximum atomic E-state index is 14.3. The summed E-state index contributed by atoms with van der Waals surface area (Å²) in [5.41, 5.74) is 0.716. The molecule has 110 valence electrons. The molecule has 21 heavy (non-hydrogen) atoms. The van der Waals surface area contributed by atoms with Crippen molar-refractivity contribution in [3.8, 4) is 0 Å². The Labute approximate surface area is 130 Å². The molecule has 0 spiro atoms. The molecule has 0 aliphatic rings. The number of H-pyrrole nitrogens is 1. The summed E-state index contributed by atoms with van der Waals surface area (Å²) in [6, 6.07) is 6.45. The Hall–Kier alpha value is -1.53. The lowest BCUT2D eigenvalue weighted by molar-refractivity contribution is 0.440. The molecule has 0 radical (unpaired) electrons. The van der Waals surface area contributed by atoms with Crippen molar-refractivity contribution in [2.75, 3.05) is 0 Å². The van der Waals surface area contributed by atoms with Crippen LogP contribution >= 0.6 is 23.6 Å². The van der Waals surface area contributed by atoms with Crippen molar-refractivity contribution in [1.29, 1.82) is 0 Å². The standard InChI is InChI=1S/C15H14F2N2S2/c1-8(2)13(11-4-3-7-21-11)19-14-10(18-15(19)20)6-5-9(16)12(14)17/h3-8,13H,1-2H3,(H,18,20). The molecular formula is C15H14F2N2S2. The van der Waals surface area contributed by atoms with Gasteiger partial charge < -0.3 is 9.55 Å². The normalized spacial score (nSPS) is 13.2. The molecule has 1 N–H and O–H groups in total. The summed E-state index contributed by atoms with van der Waals surface area (Å²) in [6.07, 6.45) is 0. The third kappa shape index (κ3) is 2.32. The van der Waals surface area contributed by atoms with Crippen LogP contribution in [0, 0.1) is 22.3 Å². The summed E-state index contributed by atoms with van der Waals surface area (Å²) in [4.78, 5) is 4.04. The zero-order valence-corrected chi connectivity index (χ0v) is 13.2. The van der Waals surface area contributed by atoms with Crippen LogP contribution in [0.1, 0.15) is 24.8 Å². The summed E-state index contributed by atoms with van der Waals surface area (Å²) in [6.45, 7) is 4.09. The molecule has 0 fully saturated rings. The lowest BCUT2D eigenvalue weighted by Crippen LogP contribution is -2.16. The summed E-state index contributed by atoms with van der Waals surface area (Å²) in [7, 11) is 0. The lowest BCUT2D eigenvalue weighted by atomic mass is 10.0. The fourth-order valence-corrected chi connectivity index (χ4v) is 3.94. The van der Waals surface area contributed by atoms with E-state index in [-0.39, 0.29) is 17.5 Å². The Bertz CT molecular complexity index is 831. The summed E-state index contributed by atoms with van der Waals surface area (Å²) in [5, 5.41) is 1.97. The molecule has 1 atom stereocenters. The van der Waals surface area contributed by atoms with Gasteiger partial charge in [-0.3, -0.25) is 0 Å². The van der Waals surface area contributed by atoms with Gasteiger partial charge in [-0.2, -0.15) is 0 Å². The van der Waals surface area contributed by atoms with Gasteiger partial charge in [-0.1, -0.05) is 19.9 Å². The van der Waals surface area contributed by atoms with Crippen LogP contribution in [0.4, 0.5) is 8.78 Å². The van der Waals surface area contributed by atoms with E-state index in [1.165, 1.54) is 6.07 Å².